The van der Waals surface area contributed by atoms with Gasteiger partial charge in [-0.25, -0.2) is 0 Å². The van der Waals surface area contributed by atoms with Crippen LogP contribution in [0.15, 0.2) is 18.2 Å². The molecule has 0 bridgehead atoms. The standard InChI is InChI=1S/C18H31NO2/c1-6-9-19-18(10-14(7-2)8-3)15-11-16(20-4)13-17(12-15)21-5/h11-14,18-19H,6-10H2,1-5H3. The van der Waals surface area contributed by atoms with E-state index >= 15 is 0 Å². The summed E-state index contributed by atoms with van der Waals surface area (Å²) in [6.07, 6.45) is 4.74. The lowest BCUT2D eigenvalue weighted by atomic mass is 9.91. The molecule has 1 rings (SSSR count). The highest BCUT2D eigenvalue weighted by atomic mass is 16.5. The van der Waals surface area contributed by atoms with Crippen LogP contribution in [0.3, 0.4) is 0 Å². The SMILES string of the molecule is CCCNC(CC(CC)CC)c1cc(OC)cc(OC)c1. The molecule has 1 aromatic rings. The smallest absolute Gasteiger partial charge is 0.122 e. The summed E-state index contributed by atoms with van der Waals surface area (Å²) >= 11 is 0. The van der Waals surface area contributed by atoms with Crippen LogP contribution in [0.2, 0.25) is 0 Å². The second kappa shape index (κ2) is 9.67. The molecule has 0 heterocycles. The highest BCUT2D eigenvalue weighted by Crippen LogP contribution is 2.31. The molecule has 120 valence electrons. The van der Waals surface area contributed by atoms with Crippen LogP contribution in [0.1, 0.15) is 58.1 Å². The van der Waals surface area contributed by atoms with Gasteiger partial charge < -0.3 is 14.8 Å². The monoisotopic (exact) mass is 293 g/mol. The van der Waals surface area contributed by atoms with Gasteiger partial charge in [0, 0.05) is 12.1 Å². The van der Waals surface area contributed by atoms with Crippen molar-refractivity contribution in [2.45, 2.75) is 52.5 Å². The Morgan fingerprint density at radius 1 is 0.952 bits per heavy atom. The molecule has 0 aromatic heterocycles. The zero-order valence-electron chi connectivity index (χ0n) is 14.2. The van der Waals surface area contributed by atoms with Gasteiger partial charge in [-0.2, -0.15) is 0 Å². The average molecular weight is 293 g/mol. The first-order valence-electron chi connectivity index (χ1n) is 8.14. The molecule has 0 radical (unpaired) electrons. The lowest BCUT2D eigenvalue weighted by molar-refractivity contribution is 0.364. The van der Waals surface area contributed by atoms with Crippen molar-refractivity contribution in [1.29, 1.82) is 0 Å². The van der Waals surface area contributed by atoms with Gasteiger partial charge in [0.1, 0.15) is 11.5 Å². The van der Waals surface area contributed by atoms with Crippen LogP contribution in [-0.4, -0.2) is 20.8 Å². The molecule has 0 aliphatic carbocycles. The predicted octanol–water partition coefficient (Wildman–Crippen LogP) is 4.57. The van der Waals surface area contributed by atoms with E-state index in [1.165, 1.54) is 18.4 Å². The van der Waals surface area contributed by atoms with Crippen LogP contribution in [0.5, 0.6) is 11.5 Å². The van der Waals surface area contributed by atoms with Crippen molar-refractivity contribution < 1.29 is 9.47 Å². The van der Waals surface area contributed by atoms with Gasteiger partial charge in [-0.3, -0.25) is 0 Å². The van der Waals surface area contributed by atoms with E-state index in [1.807, 2.05) is 6.07 Å². The molecule has 0 spiro atoms. The zero-order valence-corrected chi connectivity index (χ0v) is 14.2. The van der Waals surface area contributed by atoms with Gasteiger partial charge in [0.05, 0.1) is 14.2 Å². The lowest BCUT2D eigenvalue weighted by Crippen LogP contribution is -2.24. The Balaban J connectivity index is 2.99. The number of rotatable bonds is 10. The predicted molar refractivity (Wildman–Crippen MR) is 89.3 cm³/mol. The molecule has 0 aliphatic rings. The molecule has 1 unspecified atom stereocenters. The summed E-state index contributed by atoms with van der Waals surface area (Å²) in [5, 5.41) is 3.68. The summed E-state index contributed by atoms with van der Waals surface area (Å²) in [6, 6.07) is 6.53. The Bertz CT molecular complexity index is 380. The molecule has 0 saturated heterocycles. The van der Waals surface area contributed by atoms with Crippen molar-refractivity contribution >= 4 is 0 Å². The number of ether oxygens (including phenoxy) is 2. The van der Waals surface area contributed by atoms with Gasteiger partial charge in [-0.1, -0.05) is 33.6 Å². The van der Waals surface area contributed by atoms with Gasteiger partial charge in [-0.15, -0.1) is 0 Å². The quantitative estimate of drug-likeness (QED) is 0.685. The molecule has 1 atom stereocenters. The van der Waals surface area contributed by atoms with Crippen molar-refractivity contribution in [2.75, 3.05) is 20.8 Å². The fraction of sp³-hybridized carbons (Fsp3) is 0.667. The summed E-state index contributed by atoms with van der Waals surface area (Å²) < 4.78 is 10.8. The highest BCUT2D eigenvalue weighted by molar-refractivity contribution is 5.39. The van der Waals surface area contributed by atoms with Crippen molar-refractivity contribution in [3.05, 3.63) is 23.8 Å². The molecular formula is C18H31NO2. The van der Waals surface area contributed by atoms with E-state index in [2.05, 4.69) is 38.2 Å². The number of methoxy groups -OCH3 is 2. The van der Waals surface area contributed by atoms with Crippen LogP contribution in [0, 0.1) is 5.92 Å². The molecular weight excluding hydrogens is 262 g/mol. The molecule has 3 nitrogen and oxygen atoms in total. The van der Waals surface area contributed by atoms with Crippen molar-refractivity contribution in [3.8, 4) is 11.5 Å². The number of hydrogen-bond acceptors (Lipinski definition) is 3. The topological polar surface area (TPSA) is 30.5 Å². The molecule has 1 N–H and O–H groups in total. The van der Waals surface area contributed by atoms with Gasteiger partial charge in [-0.05, 0) is 43.0 Å². The van der Waals surface area contributed by atoms with E-state index in [1.54, 1.807) is 14.2 Å². The largest absolute Gasteiger partial charge is 0.497 e. The normalized spacial score (nSPS) is 12.5. The third-order valence-electron chi connectivity index (χ3n) is 4.14. The van der Waals surface area contributed by atoms with Gasteiger partial charge in [0.2, 0.25) is 0 Å². The van der Waals surface area contributed by atoms with Crippen LogP contribution < -0.4 is 14.8 Å². The van der Waals surface area contributed by atoms with Crippen molar-refractivity contribution in [1.82, 2.24) is 5.32 Å². The minimum absolute atomic E-state index is 0.360. The maximum absolute atomic E-state index is 5.40. The average Bonchev–Trinajstić information content (AvgIpc) is 2.54. The Labute approximate surface area is 130 Å². The van der Waals surface area contributed by atoms with Crippen molar-refractivity contribution in [2.24, 2.45) is 5.92 Å². The van der Waals surface area contributed by atoms with Crippen LogP contribution in [0.25, 0.3) is 0 Å². The van der Waals surface area contributed by atoms with Crippen LogP contribution >= 0.6 is 0 Å². The van der Waals surface area contributed by atoms with Crippen molar-refractivity contribution in [3.63, 3.8) is 0 Å². The van der Waals surface area contributed by atoms with E-state index < -0.39 is 0 Å². The Hall–Kier alpha value is -1.22. The lowest BCUT2D eigenvalue weighted by Gasteiger charge is -2.24. The third-order valence-corrected chi connectivity index (χ3v) is 4.14. The Morgan fingerprint density at radius 2 is 1.52 bits per heavy atom. The first-order chi connectivity index (χ1) is 10.2. The Kier molecular flexibility index (Phi) is 8.21. The second-order valence-electron chi connectivity index (χ2n) is 5.57. The van der Waals surface area contributed by atoms with Crippen LogP contribution in [-0.2, 0) is 0 Å². The second-order valence-corrected chi connectivity index (χ2v) is 5.57. The summed E-state index contributed by atoms with van der Waals surface area (Å²) in [5.74, 6) is 2.46. The van der Waals surface area contributed by atoms with E-state index in [0.717, 1.165) is 36.8 Å². The molecule has 21 heavy (non-hydrogen) atoms. The Morgan fingerprint density at radius 3 is 1.95 bits per heavy atom. The molecule has 0 saturated carbocycles. The maximum atomic E-state index is 5.40. The fourth-order valence-corrected chi connectivity index (χ4v) is 2.64. The van der Waals surface area contributed by atoms with E-state index in [9.17, 15) is 0 Å². The van der Waals surface area contributed by atoms with E-state index in [0.29, 0.717) is 6.04 Å². The summed E-state index contributed by atoms with van der Waals surface area (Å²) in [5.41, 5.74) is 1.26. The molecule has 0 fully saturated rings. The van der Waals surface area contributed by atoms with E-state index in [-0.39, 0.29) is 0 Å². The number of hydrogen-bond donors (Lipinski definition) is 1. The summed E-state index contributed by atoms with van der Waals surface area (Å²) in [4.78, 5) is 0. The third kappa shape index (κ3) is 5.58. The fourth-order valence-electron chi connectivity index (χ4n) is 2.64. The highest BCUT2D eigenvalue weighted by Gasteiger charge is 2.17. The van der Waals surface area contributed by atoms with Gasteiger partial charge in [0.15, 0.2) is 0 Å². The number of nitrogens with one attached hydrogen (secondary N) is 1. The van der Waals surface area contributed by atoms with Gasteiger partial charge >= 0.3 is 0 Å². The molecule has 0 aliphatic heterocycles. The summed E-state index contributed by atoms with van der Waals surface area (Å²) in [7, 11) is 3.40. The maximum Gasteiger partial charge on any atom is 0.122 e. The first-order valence-corrected chi connectivity index (χ1v) is 8.14. The summed E-state index contributed by atoms with van der Waals surface area (Å²) in [6.45, 7) is 7.78. The van der Waals surface area contributed by atoms with Gasteiger partial charge in [0.25, 0.3) is 0 Å². The zero-order chi connectivity index (χ0) is 15.7. The minimum Gasteiger partial charge on any atom is -0.497 e. The molecule has 3 heteroatoms. The molecule has 1 aromatic carbocycles. The molecule has 0 amide bonds. The first kappa shape index (κ1) is 17.8. The van der Waals surface area contributed by atoms with E-state index in [4.69, 9.17) is 9.47 Å². The van der Waals surface area contributed by atoms with Crippen LogP contribution in [0.4, 0.5) is 0 Å². The minimum atomic E-state index is 0.360. The number of benzene rings is 1.